The summed E-state index contributed by atoms with van der Waals surface area (Å²) in [5.41, 5.74) is 0.282. The lowest BCUT2D eigenvalue weighted by atomic mass is 10.3. The SMILES string of the molecule is COc1ccc(NC(=O)Cn2c(=O)nc3n2C(=O)N(c2ccc(F)cc2)C3)cc1. The maximum Gasteiger partial charge on any atom is 0.365 e. The van der Waals surface area contributed by atoms with Gasteiger partial charge >= 0.3 is 11.7 Å². The highest BCUT2D eigenvalue weighted by Gasteiger charge is 2.33. The summed E-state index contributed by atoms with van der Waals surface area (Å²) in [5.74, 6) is -0.0703. The van der Waals surface area contributed by atoms with Crippen molar-refractivity contribution in [2.45, 2.75) is 13.1 Å². The number of benzene rings is 2. The molecule has 0 fully saturated rings. The molecule has 0 unspecified atom stereocenters. The lowest BCUT2D eigenvalue weighted by Crippen LogP contribution is -2.36. The molecule has 2 aromatic carbocycles. The van der Waals surface area contributed by atoms with E-state index in [0.29, 0.717) is 17.1 Å². The lowest BCUT2D eigenvalue weighted by molar-refractivity contribution is -0.117. The van der Waals surface area contributed by atoms with Gasteiger partial charge in [0.2, 0.25) is 5.91 Å². The van der Waals surface area contributed by atoms with E-state index in [9.17, 15) is 18.8 Å². The van der Waals surface area contributed by atoms with Crippen LogP contribution in [0.15, 0.2) is 53.3 Å². The van der Waals surface area contributed by atoms with Gasteiger partial charge in [0.15, 0.2) is 5.82 Å². The van der Waals surface area contributed by atoms with Gasteiger partial charge in [0.25, 0.3) is 0 Å². The minimum atomic E-state index is -0.697. The number of nitrogens with one attached hydrogen (secondary N) is 1. The molecule has 0 aliphatic carbocycles. The van der Waals surface area contributed by atoms with Gasteiger partial charge in [-0.25, -0.2) is 18.7 Å². The Kier molecular flexibility index (Phi) is 4.59. The first-order valence-corrected chi connectivity index (χ1v) is 8.66. The Morgan fingerprint density at radius 3 is 2.48 bits per heavy atom. The second-order valence-electron chi connectivity index (χ2n) is 6.30. The summed E-state index contributed by atoms with van der Waals surface area (Å²) in [5, 5.41) is 2.65. The average molecular weight is 397 g/mol. The number of hydrogen-bond acceptors (Lipinski definition) is 5. The zero-order valence-electron chi connectivity index (χ0n) is 15.3. The quantitative estimate of drug-likeness (QED) is 0.708. The van der Waals surface area contributed by atoms with Gasteiger partial charge in [-0.05, 0) is 48.5 Å². The van der Waals surface area contributed by atoms with Crippen LogP contribution in [0.1, 0.15) is 5.82 Å². The van der Waals surface area contributed by atoms with E-state index in [0.717, 1.165) is 9.36 Å². The Morgan fingerprint density at radius 2 is 1.83 bits per heavy atom. The van der Waals surface area contributed by atoms with Crippen LogP contribution in [0.2, 0.25) is 0 Å². The summed E-state index contributed by atoms with van der Waals surface area (Å²) >= 11 is 0. The van der Waals surface area contributed by atoms with Gasteiger partial charge in [0.1, 0.15) is 18.1 Å². The molecule has 0 bridgehead atoms. The zero-order valence-corrected chi connectivity index (χ0v) is 15.3. The van der Waals surface area contributed by atoms with Gasteiger partial charge in [-0.15, -0.1) is 0 Å². The van der Waals surface area contributed by atoms with Crippen molar-refractivity contribution in [3.63, 3.8) is 0 Å². The molecule has 1 aliphatic rings. The standard InChI is InChI=1S/C19H16FN5O4/c1-29-15-8-4-13(5-9-15)21-17(26)11-24-18(27)22-16-10-23(19(28)25(16)24)14-6-2-12(20)3-7-14/h2-9H,10-11H2,1H3,(H,21,26). The number of nitrogens with zero attached hydrogens (tertiary/aromatic N) is 4. The minimum absolute atomic E-state index is 0.0484. The second-order valence-corrected chi connectivity index (χ2v) is 6.30. The first-order valence-electron chi connectivity index (χ1n) is 8.66. The average Bonchev–Trinajstić information content (AvgIpc) is 3.19. The number of halogens is 1. The maximum absolute atomic E-state index is 13.1. The molecule has 1 aromatic heterocycles. The van der Waals surface area contributed by atoms with E-state index >= 15 is 0 Å². The molecule has 148 valence electrons. The number of rotatable bonds is 5. The normalized spacial score (nSPS) is 12.8. The lowest BCUT2D eigenvalue weighted by Gasteiger charge is -2.15. The van der Waals surface area contributed by atoms with Gasteiger partial charge in [0.05, 0.1) is 13.7 Å². The van der Waals surface area contributed by atoms with E-state index in [1.165, 1.54) is 36.3 Å². The highest BCUT2D eigenvalue weighted by Crippen LogP contribution is 2.23. The van der Waals surface area contributed by atoms with Crippen molar-refractivity contribution in [3.8, 4) is 5.75 Å². The Morgan fingerprint density at radius 1 is 1.14 bits per heavy atom. The minimum Gasteiger partial charge on any atom is -0.497 e. The number of carbonyl (C=O) groups is 2. The summed E-state index contributed by atoms with van der Waals surface area (Å²) in [4.78, 5) is 42.5. The maximum atomic E-state index is 13.1. The molecule has 2 amide bonds. The number of ether oxygens (including phenoxy) is 1. The predicted molar refractivity (Wildman–Crippen MR) is 101 cm³/mol. The summed E-state index contributed by atoms with van der Waals surface area (Å²) in [6.45, 7) is -0.340. The smallest absolute Gasteiger partial charge is 0.365 e. The summed E-state index contributed by atoms with van der Waals surface area (Å²) in [7, 11) is 1.53. The third-order valence-corrected chi connectivity index (χ3v) is 4.45. The largest absolute Gasteiger partial charge is 0.497 e. The van der Waals surface area contributed by atoms with E-state index in [2.05, 4.69) is 10.3 Å². The zero-order chi connectivity index (χ0) is 20.5. The molecule has 2 heterocycles. The van der Waals surface area contributed by atoms with Crippen LogP contribution >= 0.6 is 0 Å². The fourth-order valence-electron chi connectivity index (χ4n) is 3.05. The summed E-state index contributed by atoms with van der Waals surface area (Å²) < 4.78 is 20.2. The van der Waals surface area contributed by atoms with Gasteiger partial charge in [-0.1, -0.05) is 0 Å². The topological polar surface area (TPSA) is 98.5 Å². The third kappa shape index (κ3) is 3.47. The molecule has 29 heavy (non-hydrogen) atoms. The van der Waals surface area contributed by atoms with Crippen LogP contribution in [0.25, 0.3) is 0 Å². The monoisotopic (exact) mass is 397 g/mol. The van der Waals surface area contributed by atoms with Crippen LogP contribution in [-0.4, -0.2) is 33.4 Å². The number of carbonyl (C=O) groups excluding carboxylic acids is 2. The van der Waals surface area contributed by atoms with E-state index < -0.39 is 23.4 Å². The van der Waals surface area contributed by atoms with Crippen molar-refractivity contribution in [1.82, 2.24) is 14.3 Å². The number of fused-ring (bicyclic) bond motifs is 1. The van der Waals surface area contributed by atoms with Crippen molar-refractivity contribution >= 4 is 23.3 Å². The van der Waals surface area contributed by atoms with Crippen LogP contribution in [-0.2, 0) is 17.9 Å². The molecule has 0 saturated heterocycles. The Bertz CT molecular complexity index is 1130. The van der Waals surface area contributed by atoms with Gasteiger partial charge in [0, 0.05) is 11.4 Å². The van der Waals surface area contributed by atoms with Crippen molar-refractivity contribution in [1.29, 1.82) is 0 Å². The molecule has 4 rings (SSSR count). The molecule has 0 saturated carbocycles. The molecule has 1 aliphatic heterocycles. The van der Waals surface area contributed by atoms with Crippen LogP contribution < -0.4 is 20.6 Å². The molecular weight excluding hydrogens is 381 g/mol. The van der Waals surface area contributed by atoms with Crippen molar-refractivity contribution in [3.05, 3.63) is 70.7 Å². The molecule has 3 aromatic rings. The van der Waals surface area contributed by atoms with Crippen LogP contribution in [0.3, 0.4) is 0 Å². The number of amides is 2. The summed E-state index contributed by atoms with van der Waals surface area (Å²) in [6, 6.07) is 11.5. The summed E-state index contributed by atoms with van der Waals surface area (Å²) in [6.07, 6.45) is 0. The number of anilines is 2. The van der Waals surface area contributed by atoms with E-state index in [1.54, 1.807) is 24.3 Å². The van der Waals surface area contributed by atoms with E-state index in [-0.39, 0.29) is 18.9 Å². The number of methoxy groups -OCH3 is 1. The Labute approximate surface area is 163 Å². The molecule has 0 atom stereocenters. The predicted octanol–water partition coefficient (Wildman–Crippen LogP) is 1.82. The molecule has 1 N–H and O–H groups in total. The highest BCUT2D eigenvalue weighted by atomic mass is 19.1. The Balaban J connectivity index is 1.53. The number of aromatic nitrogens is 3. The third-order valence-electron chi connectivity index (χ3n) is 4.45. The first-order chi connectivity index (χ1) is 14.0. The van der Waals surface area contributed by atoms with E-state index in [1.807, 2.05) is 0 Å². The second kappa shape index (κ2) is 7.23. The van der Waals surface area contributed by atoms with Gasteiger partial charge < -0.3 is 10.1 Å². The van der Waals surface area contributed by atoms with Gasteiger partial charge in [-0.3, -0.25) is 9.69 Å². The molecule has 9 nitrogen and oxygen atoms in total. The molecule has 0 spiro atoms. The number of hydrogen-bond donors (Lipinski definition) is 1. The van der Waals surface area contributed by atoms with Crippen LogP contribution in [0.4, 0.5) is 20.6 Å². The molecule has 0 radical (unpaired) electrons. The van der Waals surface area contributed by atoms with Crippen molar-refractivity contribution in [2.24, 2.45) is 0 Å². The fraction of sp³-hybridized carbons (Fsp3) is 0.158. The van der Waals surface area contributed by atoms with E-state index in [4.69, 9.17) is 4.74 Å². The van der Waals surface area contributed by atoms with Crippen LogP contribution in [0.5, 0.6) is 5.75 Å². The Hall–Kier alpha value is -3.95. The first kappa shape index (κ1) is 18.4. The molecular formula is C19H16FN5O4. The van der Waals surface area contributed by atoms with Crippen molar-refractivity contribution < 1.29 is 18.7 Å². The fourth-order valence-corrected chi connectivity index (χ4v) is 3.05. The molecule has 10 heteroatoms. The van der Waals surface area contributed by atoms with Crippen LogP contribution in [0, 0.1) is 5.82 Å². The highest BCUT2D eigenvalue weighted by molar-refractivity contribution is 5.96. The van der Waals surface area contributed by atoms with Gasteiger partial charge in [-0.2, -0.15) is 9.67 Å². The van der Waals surface area contributed by atoms with Crippen molar-refractivity contribution in [2.75, 3.05) is 17.3 Å².